The second kappa shape index (κ2) is 6.59. The summed E-state index contributed by atoms with van der Waals surface area (Å²) in [6, 6.07) is 21.5. The van der Waals surface area contributed by atoms with Crippen LogP contribution in [0.5, 0.6) is 11.5 Å². The lowest BCUT2D eigenvalue weighted by molar-refractivity contribution is -0.145. The van der Waals surface area contributed by atoms with Crippen molar-refractivity contribution in [2.24, 2.45) is 23.7 Å². The van der Waals surface area contributed by atoms with Crippen LogP contribution in [0.3, 0.4) is 0 Å². The minimum absolute atomic E-state index is 0.0445. The molecule has 3 aromatic rings. The molecule has 2 saturated carbocycles. The molecule has 0 aromatic heterocycles. The van der Waals surface area contributed by atoms with Gasteiger partial charge < -0.3 is 14.8 Å². The van der Waals surface area contributed by atoms with Crippen molar-refractivity contribution in [1.82, 2.24) is 0 Å². The first-order valence-electron chi connectivity index (χ1n) is 10.4. The highest BCUT2D eigenvalue weighted by Crippen LogP contribution is 2.57. The summed E-state index contributed by atoms with van der Waals surface area (Å²) >= 11 is 0. The number of carbonyl (C=O) groups is 2. The van der Waals surface area contributed by atoms with Crippen LogP contribution in [0.2, 0.25) is 0 Å². The van der Waals surface area contributed by atoms with Gasteiger partial charge in [-0.3, -0.25) is 9.59 Å². The van der Waals surface area contributed by atoms with Gasteiger partial charge >= 0.3 is 5.97 Å². The Hall–Kier alpha value is -3.34. The van der Waals surface area contributed by atoms with E-state index in [0.717, 1.165) is 24.0 Å². The second-order valence-corrected chi connectivity index (χ2v) is 8.55. The van der Waals surface area contributed by atoms with Gasteiger partial charge in [-0.15, -0.1) is 0 Å². The Labute approximate surface area is 174 Å². The van der Waals surface area contributed by atoms with Crippen LogP contribution in [0, 0.1) is 23.7 Å². The molecular weight excluding hydrogens is 378 g/mol. The van der Waals surface area contributed by atoms with Gasteiger partial charge in [0.2, 0.25) is 5.91 Å². The lowest BCUT2D eigenvalue weighted by atomic mass is 9.79. The lowest BCUT2D eigenvalue weighted by Crippen LogP contribution is -2.35. The average molecular weight is 399 g/mol. The number of nitrogens with one attached hydrogen (secondary N) is 1. The maximum atomic E-state index is 12.9. The van der Waals surface area contributed by atoms with E-state index in [1.165, 1.54) is 5.39 Å². The van der Waals surface area contributed by atoms with Crippen molar-refractivity contribution >= 4 is 28.3 Å². The Morgan fingerprint density at radius 2 is 1.70 bits per heavy atom. The van der Waals surface area contributed by atoms with E-state index in [0.29, 0.717) is 11.4 Å². The van der Waals surface area contributed by atoms with Crippen LogP contribution in [-0.4, -0.2) is 18.0 Å². The zero-order chi connectivity index (χ0) is 20.2. The first-order chi connectivity index (χ1) is 14.7. The van der Waals surface area contributed by atoms with Crippen molar-refractivity contribution in [3.63, 3.8) is 0 Å². The highest BCUT2D eigenvalue weighted by Gasteiger charge is 2.63. The van der Waals surface area contributed by atoms with Gasteiger partial charge in [0.1, 0.15) is 17.6 Å². The highest BCUT2D eigenvalue weighted by molar-refractivity contribution is 5.97. The lowest BCUT2D eigenvalue weighted by Gasteiger charge is -2.23. The van der Waals surface area contributed by atoms with Gasteiger partial charge in [-0.25, -0.2) is 0 Å². The maximum Gasteiger partial charge on any atom is 0.310 e. The number of rotatable bonds is 4. The Balaban J connectivity index is 1.15. The zero-order valence-electron chi connectivity index (χ0n) is 16.3. The van der Waals surface area contributed by atoms with E-state index in [1.54, 1.807) is 0 Å². The van der Waals surface area contributed by atoms with Gasteiger partial charge in [0.05, 0.1) is 11.8 Å². The summed E-state index contributed by atoms with van der Waals surface area (Å²) < 4.78 is 11.4. The molecule has 3 fully saturated rings. The summed E-state index contributed by atoms with van der Waals surface area (Å²) in [4.78, 5) is 25.0. The van der Waals surface area contributed by atoms with E-state index < -0.39 is 0 Å². The molecule has 1 saturated heterocycles. The quantitative estimate of drug-likeness (QED) is 0.642. The Kier molecular flexibility index (Phi) is 3.85. The molecular formula is C25H21NO4. The van der Waals surface area contributed by atoms with Gasteiger partial charge in [-0.2, -0.15) is 0 Å². The van der Waals surface area contributed by atoms with Crippen LogP contribution in [0.25, 0.3) is 10.8 Å². The average Bonchev–Trinajstić information content (AvgIpc) is 3.38. The molecule has 0 unspecified atom stereocenters. The van der Waals surface area contributed by atoms with Crippen molar-refractivity contribution < 1.29 is 19.1 Å². The van der Waals surface area contributed by atoms with E-state index in [4.69, 9.17) is 9.47 Å². The normalized spacial score (nSPS) is 28.5. The molecule has 6 rings (SSSR count). The number of fused-ring (bicyclic) bond motifs is 2. The van der Waals surface area contributed by atoms with Crippen molar-refractivity contribution in [3.05, 3.63) is 66.7 Å². The topological polar surface area (TPSA) is 64.6 Å². The number of esters is 1. The fourth-order valence-corrected chi connectivity index (χ4v) is 5.56. The molecule has 30 heavy (non-hydrogen) atoms. The molecule has 5 atom stereocenters. The molecule has 2 aliphatic carbocycles. The predicted octanol–water partition coefficient (Wildman–Crippen LogP) is 4.77. The van der Waals surface area contributed by atoms with Crippen LogP contribution in [0.1, 0.15) is 12.8 Å². The molecule has 1 N–H and O–H groups in total. The Bertz CT molecular complexity index is 1150. The number of ether oxygens (including phenoxy) is 2. The van der Waals surface area contributed by atoms with Crippen molar-refractivity contribution in [2.45, 2.75) is 18.9 Å². The van der Waals surface area contributed by atoms with Crippen molar-refractivity contribution in [1.29, 1.82) is 0 Å². The number of anilines is 1. The van der Waals surface area contributed by atoms with Gasteiger partial charge in [0.15, 0.2) is 0 Å². The van der Waals surface area contributed by atoms with Gasteiger partial charge in [-0.1, -0.05) is 30.3 Å². The van der Waals surface area contributed by atoms with E-state index in [1.807, 2.05) is 54.6 Å². The first kappa shape index (κ1) is 17.5. The predicted molar refractivity (Wildman–Crippen MR) is 112 cm³/mol. The molecule has 1 heterocycles. The van der Waals surface area contributed by atoms with Crippen molar-refractivity contribution in [3.8, 4) is 11.5 Å². The molecule has 150 valence electrons. The zero-order valence-corrected chi connectivity index (χ0v) is 16.3. The third-order valence-corrected chi connectivity index (χ3v) is 6.86. The fraction of sp³-hybridized carbons (Fsp3) is 0.280. The summed E-state index contributed by atoms with van der Waals surface area (Å²) in [5.41, 5.74) is 0.705. The SMILES string of the molecule is O=C(Nc1ccc(Oc2ccc3ccccc3c2)cc1)[C@@H]1[C@@H]2C[C@H]3[C@@H]1C(=O)O[C@@H]3C2. The molecule has 2 bridgehead atoms. The molecule has 0 spiro atoms. The van der Waals surface area contributed by atoms with E-state index >= 15 is 0 Å². The third kappa shape index (κ3) is 2.76. The summed E-state index contributed by atoms with van der Waals surface area (Å²) in [7, 11) is 0. The minimum atomic E-state index is -0.269. The summed E-state index contributed by atoms with van der Waals surface area (Å²) in [5, 5.41) is 5.28. The number of hydrogen-bond donors (Lipinski definition) is 1. The second-order valence-electron chi connectivity index (χ2n) is 8.55. The number of hydrogen-bond acceptors (Lipinski definition) is 4. The van der Waals surface area contributed by atoms with Gasteiger partial charge in [0, 0.05) is 11.6 Å². The van der Waals surface area contributed by atoms with Crippen LogP contribution in [0.4, 0.5) is 5.69 Å². The third-order valence-electron chi connectivity index (χ3n) is 6.86. The standard InChI is InChI=1S/C25H21NO4/c27-24(22-16-12-20-21(13-16)30-25(28)23(20)22)26-17-6-9-18(10-7-17)29-19-8-5-14-3-1-2-4-15(14)11-19/h1-11,16,20-23H,12-13H2,(H,26,27)/t16-,20-,21-,22-,23+/m1/s1. The highest BCUT2D eigenvalue weighted by atomic mass is 16.6. The molecule has 3 aliphatic rings. The molecule has 3 aromatic carbocycles. The smallest absolute Gasteiger partial charge is 0.310 e. The van der Waals surface area contributed by atoms with Crippen LogP contribution < -0.4 is 10.1 Å². The van der Waals surface area contributed by atoms with Gasteiger partial charge in [0.25, 0.3) is 0 Å². The van der Waals surface area contributed by atoms with E-state index in [2.05, 4.69) is 17.4 Å². The Morgan fingerprint density at radius 1 is 0.933 bits per heavy atom. The Morgan fingerprint density at radius 3 is 2.53 bits per heavy atom. The van der Waals surface area contributed by atoms with E-state index in [-0.39, 0.29) is 41.7 Å². The molecule has 1 aliphatic heterocycles. The monoisotopic (exact) mass is 399 g/mol. The van der Waals surface area contributed by atoms with Crippen LogP contribution in [0.15, 0.2) is 66.7 Å². The number of amides is 1. The maximum absolute atomic E-state index is 12.9. The number of carbonyl (C=O) groups excluding carboxylic acids is 2. The molecule has 0 radical (unpaired) electrons. The fourth-order valence-electron chi connectivity index (χ4n) is 5.56. The largest absolute Gasteiger partial charge is 0.462 e. The van der Waals surface area contributed by atoms with Crippen LogP contribution in [-0.2, 0) is 14.3 Å². The summed E-state index contributed by atoms with van der Waals surface area (Å²) in [6.45, 7) is 0. The summed E-state index contributed by atoms with van der Waals surface area (Å²) in [6.07, 6.45) is 1.80. The van der Waals surface area contributed by atoms with Crippen molar-refractivity contribution in [2.75, 3.05) is 5.32 Å². The van der Waals surface area contributed by atoms with Crippen LogP contribution >= 0.6 is 0 Å². The minimum Gasteiger partial charge on any atom is -0.462 e. The van der Waals surface area contributed by atoms with E-state index in [9.17, 15) is 9.59 Å². The van der Waals surface area contributed by atoms with Gasteiger partial charge in [-0.05, 0) is 65.9 Å². The first-order valence-corrected chi connectivity index (χ1v) is 10.4. The molecule has 1 amide bonds. The number of benzene rings is 3. The molecule has 5 nitrogen and oxygen atoms in total. The molecule has 5 heteroatoms. The summed E-state index contributed by atoms with van der Waals surface area (Å²) in [5.74, 6) is 1.16.